The number of ether oxygens (including phenoxy) is 1. The van der Waals surface area contributed by atoms with E-state index in [-0.39, 0.29) is 0 Å². The van der Waals surface area contributed by atoms with Gasteiger partial charge in [-0.2, -0.15) is 0 Å². The number of amides is 1. The Balaban J connectivity index is 2.48. The molecule has 0 fully saturated rings. The molecule has 0 atom stereocenters. The van der Waals surface area contributed by atoms with Crippen LogP contribution in [0.5, 0.6) is 5.75 Å². The Morgan fingerprint density at radius 1 is 1.17 bits per heavy atom. The Bertz CT molecular complexity index is 596. The minimum atomic E-state index is -0.430. The van der Waals surface area contributed by atoms with Crippen molar-refractivity contribution in [3.63, 3.8) is 0 Å². The van der Waals surface area contributed by atoms with Crippen LogP contribution in [0.25, 0.3) is 11.1 Å². The molecule has 0 unspecified atom stereocenters. The molecule has 0 aliphatic heterocycles. The zero-order chi connectivity index (χ0) is 13.1. The lowest BCUT2D eigenvalue weighted by Gasteiger charge is -2.07. The van der Waals surface area contributed by atoms with Gasteiger partial charge in [0.15, 0.2) is 0 Å². The molecule has 4 heteroatoms. The van der Waals surface area contributed by atoms with Crippen molar-refractivity contribution in [2.45, 2.75) is 0 Å². The molecule has 92 valence electrons. The van der Waals surface area contributed by atoms with Gasteiger partial charge in [0.25, 0.3) is 0 Å². The van der Waals surface area contributed by atoms with E-state index >= 15 is 0 Å². The first-order chi connectivity index (χ1) is 8.61. The molecule has 2 rings (SSSR count). The minimum absolute atomic E-state index is 0.430. The Labute approximate surface area is 114 Å². The van der Waals surface area contributed by atoms with Crippen LogP contribution in [0.3, 0.4) is 0 Å². The van der Waals surface area contributed by atoms with Crippen molar-refractivity contribution in [1.29, 1.82) is 0 Å². The van der Waals surface area contributed by atoms with Gasteiger partial charge in [0.05, 0.1) is 11.6 Å². The van der Waals surface area contributed by atoms with Crippen molar-refractivity contribution in [3.05, 3.63) is 52.5 Å². The second-order valence-electron chi connectivity index (χ2n) is 3.79. The lowest BCUT2D eigenvalue weighted by Crippen LogP contribution is -2.10. The Morgan fingerprint density at radius 3 is 2.56 bits per heavy atom. The van der Waals surface area contributed by atoms with Crippen LogP contribution in [0, 0.1) is 0 Å². The molecule has 0 aromatic heterocycles. The molecular weight excluding hydrogens is 294 g/mol. The molecule has 18 heavy (non-hydrogen) atoms. The maximum Gasteiger partial charge on any atom is 0.248 e. The summed E-state index contributed by atoms with van der Waals surface area (Å²) >= 11 is 3.40. The fourth-order valence-corrected chi connectivity index (χ4v) is 2.10. The molecule has 0 aliphatic carbocycles. The van der Waals surface area contributed by atoms with E-state index in [4.69, 9.17) is 10.5 Å². The fraction of sp³-hybridized carbons (Fsp3) is 0.0714. The zero-order valence-electron chi connectivity index (χ0n) is 9.81. The number of nitrogens with two attached hydrogens (primary N) is 1. The van der Waals surface area contributed by atoms with E-state index in [9.17, 15) is 4.79 Å². The number of halogens is 1. The Kier molecular flexibility index (Phi) is 3.67. The van der Waals surface area contributed by atoms with Crippen molar-refractivity contribution < 1.29 is 9.53 Å². The second kappa shape index (κ2) is 5.23. The van der Waals surface area contributed by atoms with E-state index in [1.807, 2.05) is 30.3 Å². The third-order valence-electron chi connectivity index (χ3n) is 2.63. The van der Waals surface area contributed by atoms with E-state index in [0.717, 1.165) is 21.3 Å². The van der Waals surface area contributed by atoms with Crippen LogP contribution >= 0.6 is 15.9 Å². The average Bonchev–Trinajstić information content (AvgIpc) is 2.39. The largest absolute Gasteiger partial charge is 0.496 e. The first-order valence-corrected chi connectivity index (χ1v) is 6.15. The van der Waals surface area contributed by atoms with Crippen LogP contribution in [0.1, 0.15) is 10.4 Å². The fourth-order valence-electron chi connectivity index (χ4n) is 1.69. The van der Waals surface area contributed by atoms with Crippen LogP contribution in [-0.4, -0.2) is 13.0 Å². The standard InChI is InChI=1S/C14H12BrNO2/c1-18-13-8-10(5-6-12(13)15)9-3-2-4-11(7-9)14(16)17/h2-8H,1H3,(H2,16,17). The van der Waals surface area contributed by atoms with Gasteiger partial charge in [-0.3, -0.25) is 4.79 Å². The highest BCUT2D eigenvalue weighted by Crippen LogP contribution is 2.30. The van der Waals surface area contributed by atoms with Gasteiger partial charge in [-0.1, -0.05) is 18.2 Å². The van der Waals surface area contributed by atoms with E-state index in [0.29, 0.717) is 5.56 Å². The molecule has 1 amide bonds. The second-order valence-corrected chi connectivity index (χ2v) is 4.65. The van der Waals surface area contributed by atoms with Gasteiger partial charge in [-0.25, -0.2) is 0 Å². The summed E-state index contributed by atoms with van der Waals surface area (Å²) in [6.07, 6.45) is 0. The van der Waals surface area contributed by atoms with Gasteiger partial charge >= 0.3 is 0 Å². The first kappa shape index (κ1) is 12.6. The highest BCUT2D eigenvalue weighted by atomic mass is 79.9. The van der Waals surface area contributed by atoms with Gasteiger partial charge < -0.3 is 10.5 Å². The Morgan fingerprint density at radius 2 is 1.89 bits per heavy atom. The van der Waals surface area contributed by atoms with Gasteiger partial charge in [0.1, 0.15) is 5.75 Å². The summed E-state index contributed by atoms with van der Waals surface area (Å²) in [6, 6.07) is 13.0. The maximum absolute atomic E-state index is 11.2. The quantitative estimate of drug-likeness (QED) is 0.946. The maximum atomic E-state index is 11.2. The van der Waals surface area contributed by atoms with Crippen molar-refractivity contribution in [1.82, 2.24) is 0 Å². The summed E-state index contributed by atoms with van der Waals surface area (Å²) < 4.78 is 6.14. The third kappa shape index (κ3) is 2.54. The number of hydrogen-bond donors (Lipinski definition) is 1. The predicted molar refractivity (Wildman–Crippen MR) is 74.6 cm³/mol. The van der Waals surface area contributed by atoms with E-state index in [2.05, 4.69) is 15.9 Å². The molecule has 0 saturated carbocycles. The van der Waals surface area contributed by atoms with Gasteiger partial charge in [0.2, 0.25) is 5.91 Å². The topological polar surface area (TPSA) is 52.3 Å². The normalized spacial score (nSPS) is 10.1. The van der Waals surface area contributed by atoms with Crippen LogP contribution in [0.15, 0.2) is 46.9 Å². The summed E-state index contributed by atoms with van der Waals surface area (Å²) in [5.41, 5.74) is 7.66. The lowest BCUT2D eigenvalue weighted by atomic mass is 10.0. The predicted octanol–water partition coefficient (Wildman–Crippen LogP) is 3.22. The molecule has 0 heterocycles. The molecule has 0 bridgehead atoms. The van der Waals surface area contributed by atoms with Crippen molar-refractivity contribution in [2.24, 2.45) is 5.73 Å². The summed E-state index contributed by atoms with van der Waals surface area (Å²) in [5, 5.41) is 0. The lowest BCUT2D eigenvalue weighted by molar-refractivity contribution is 0.100. The molecule has 3 nitrogen and oxygen atoms in total. The number of methoxy groups -OCH3 is 1. The molecular formula is C14H12BrNO2. The minimum Gasteiger partial charge on any atom is -0.496 e. The molecule has 0 spiro atoms. The van der Waals surface area contributed by atoms with Gasteiger partial charge in [-0.05, 0) is 51.3 Å². The molecule has 0 aliphatic rings. The smallest absolute Gasteiger partial charge is 0.248 e. The van der Waals surface area contributed by atoms with Crippen LogP contribution in [0.4, 0.5) is 0 Å². The SMILES string of the molecule is COc1cc(-c2cccc(C(N)=O)c2)ccc1Br. The van der Waals surface area contributed by atoms with Crippen LogP contribution in [-0.2, 0) is 0 Å². The summed E-state index contributed by atoms with van der Waals surface area (Å²) in [7, 11) is 1.61. The highest BCUT2D eigenvalue weighted by molar-refractivity contribution is 9.10. The number of carbonyl (C=O) groups is 1. The van der Waals surface area contributed by atoms with Crippen molar-refractivity contribution in [3.8, 4) is 16.9 Å². The third-order valence-corrected chi connectivity index (χ3v) is 3.29. The number of benzene rings is 2. The number of rotatable bonds is 3. The van der Waals surface area contributed by atoms with E-state index in [1.165, 1.54) is 0 Å². The molecule has 0 radical (unpaired) electrons. The van der Waals surface area contributed by atoms with Gasteiger partial charge in [-0.15, -0.1) is 0 Å². The summed E-state index contributed by atoms with van der Waals surface area (Å²) in [4.78, 5) is 11.2. The molecule has 2 aromatic carbocycles. The first-order valence-electron chi connectivity index (χ1n) is 5.35. The monoisotopic (exact) mass is 305 g/mol. The molecule has 2 N–H and O–H groups in total. The van der Waals surface area contributed by atoms with Crippen molar-refractivity contribution >= 4 is 21.8 Å². The van der Waals surface area contributed by atoms with Crippen LogP contribution < -0.4 is 10.5 Å². The van der Waals surface area contributed by atoms with Gasteiger partial charge in [0, 0.05) is 5.56 Å². The molecule has 2 aromatic rings. The number of hydrogen-bond acceptors (Lipinski definition) is 2. The number of primary amides is 1. The number of carbonyl (C=O) groups excluding carboxylic acids is 1. The van der Waals surface area contributed by atoms with E-state index in [1.54, 1.807) is 19.2 Å². The zero-order valence-corrected chi connectivity index (χ0v) is 11.4. The molecule has 0 saturated heterocycles. The van der Waals surface area contributed by atoms with Crippen LogP contribution in [0.2, 0.25) is 0 Å². The summed E-state index contributed by atoms with van der Waals surface area (Å²) in [6.45, 7) is 0. The van der Waals surface area contributed by atoms with E-state index < -0.39 is 5.91 Å². The Hall–Kier alpha value is -1.81. The highest BCUT2D eigenvalue weighted by Gasteiger charge is 2.06. The summed E-state index contributed by atoms with van der Waals surface area (Å²) in [5.74, 6) is 0.318. The van der Waals surface area contributed by atoms with Crippen molar-refractivity contribution in [2.75, 3.05) is 7.11 Å². The average molecular weight is 306 g/mol.